The van der Waals surface area contributed by atoms with Gasteiger partial charge in [0.15, 0.2) is 11.2 Å². The second kappa shape index (κ2) is 9.75. The molecule has 0 spiro atoms. The van der Waals surface area contributed by atoms with Crippen molar-refractivity contribution in [3.63, 3.8) is 0 Å². The van der Waals surface area contributed by atoms with Crippen LogP contribution in [0.3, 0.4) is 0 Å². The zero-order chi connectivity index (χ0) is 26.7. The molecule has 1 saturated carbocycles. The number of fused-ring (bicyclic) bond motifs is 3. The van der Waals surface area contributed by atoms with Gasteiger partial charge < -0.3 is 24.6 Å². The van der Waals surface area contributed by atoms with Crippen molar-refractivity contribution in [3.05, 3.63) is 87.0 Å². The summed E-state index contributed by atoms with van der Waals surface area (Å²) in [6.07, 6.45) is -1.15. The molecule has 2 fully saturated rings. The Balaban J connectivity index is 1.60. The average Bonchev–Trinajstić information content (AvgIpc) is 3.28. The van der Waals surface area contributed by atoms with Crippen LogP contribution in [0.1, 0.15) is 35.4 Å². The minimum absolute atomic E-state index is 0.110. The maximum absolute atomic E-state index is 14.0. The van der Waals surface area contributed by atoms with Crippen LogP contribution >= 0.6 is 27.5 Å². The number of ether oxygens (including phenoxy) is 2. The summed E-state index contributed by atoms with van der Waals surface area (Å²) in [7, 11) is 1.45. The van der Waals surface area contributed by atoms with Crippen molar-refractivity contribution in [1.82, 2.24) is 9.88 Å². The fraction of sp³-hybridized carbons (Fsp3) is 0.414. The fourth-order valence-corrected chi connectivity index (χ4v) is 7.27. The Bertz CT molecular complexity index is 1320. The Labute approximate surface area is 234 Å². The number of aliphatic hydroxyl groups excluding tert-OH is 1. The Morgan fingerprint density at radius 1 is 1.16 bits per heavy atom. The Morgan fingerprint density at radius 2 is 1.84 bits per heavy atom. The van der Waals surface area contributed by atoms with E-state index < -0.39 is 35.3 Å². The molecule has 0 amide bonds. The summed E-state index contributed by atoms with van der Waals surface area (Å²) in [5.41, 5.74) is -1.43. The van der Waals surface area contributed by atoms with E-state index in [2.05, 4.69) is 25.8 Å². The zero-order valence-corrected chi connectivity index (χ0v) is 23.2. The van der Waals surface area contributed by atoms with Gasteiger partial charge in [-0.1, -0.05) is 70.0 Å². The van der Waals surface area contributed by atoms with Gasteiger partial charge in [-0.15, -0.1) is 0 Å². The molecule has 2 N–H and O–H groups in total. The van der Waals surface area contributed by atoms with Crippen molar-refractivity contribution < 1.29 is 24.1 Å². The molecule has 2 aromatic carbocycles. The number of alkyl halides is 1. The summed E-state index contributed by atoms with van der Waals surface area (Å²) in [6, 6.07) is 19.0. The van der Waals surface area contributed by atoms with Gasteiger partial charge in [0, 0.05) is 42.0 Å². The van der Waals surface area contributed by atoms with Crippen LogP contribution < -0.4 is 9.47 Å². The Morgan fingerprint density at radius 3 is 2.50 bits per heavy atom. The lowest BCUT2D eigenvalue weighted by Gasteiger charge is -2.41. The first-order valence-electron chi connectivity index (χ1n) is 12.8. The van der Waals surface area contributed by atoms with Crippen LogP contribution in [-0.4, -0.2) is 59.1 Å². The second-order valence-corrected chi connectivity index (χ2v) is 11.7. The van der Waals surface area contributed by atoms with Crippen LogP contribution in [0, 0.1) is 5.92 Å². The van der Waals surface area contributed by atoms with Crippen molar-refractivity contribution >= 4 is 27.5 Å². The first kappa shape index (κ1) is 26.0. The van der Waals surface area contributed by atoms with Gasteiger partial charge in [0.1, 0.15) is 17.1 Å². The van der Waals surface area contributed by atoms with E-state index in [4.69, 9.17) is 21.1 Å². The first-order valence-corrected chi connectivity index (χ1v) is 14.0. The van der Waals surface area contributed by atoms with Gasteiger partial charge in [0.25, 0.3) is 0 Å². The predicted molar refractivity (Wildman–Crippen MR) is 145 cm³/mol. The topological polar surface area (TPSA) is 75.0 Å². The molecule has 1 aliphatic carbocycles. The standard InChI is InChI=1S/C29H29BrClFN2O4/c1-37-27-25-22(15-23(31)33-27)38-29(18-7-9-19(30)10-8-18)24(17-5-3-2-4-6-17)21(26(35)28(25,29)36)16-34-13-11-20(32)12-14-34/h2-10,15,20-21,24,26,35-36H,11-14,16H2,1H3/t21-,24-,26-,28+,29+/m1/s1. The molecule has 3 aromatic rings. The zero-order valence-electron chi connectivity index (χ0n) is 20.9. The molecule has 2 aliphatic heterocycles. The summed E-state index contributed by atoms with van der Waals surface area (Å²) >= 11 is 9.84. The molecule has 38 heavy (non-hydrogen) atoms. The van der Waals surface area contributed by atoms with Gasteiger partial charge in [-0.25, -0.2) is 9.37 Å². The molecule has 6 nitrogen and oxygen atoms in total. The quantitative estimate of drug-likeness (QED) is 0.391. The van der Waals surface area contributed by atoms with E-state index in [0.29, 0.717) is 43.8 Å². The highest BCUT2D eigenvalue weighted by molar-refractivity contribution is 9.10. The third-order valence-electron chi connectivity index (χ3n) is 8.45. The molecule has 6 rings (SSSR count). The molecule has 1 aromatic heterocycles. The van der Waals surface area contributed by atoms with Crippen molar-refractivity contribution in [2.45, 2.75) is 42.2 Å². The van der Waals surface area contributed by atoms with E-state index in [1.54, 1.807) is 6.07 Å². The molecule has 0 radical (unpaired) electrons. The largest absolute Gasteiger partial charge is 0.481 e. The monoisotopic (exact) mass is 602 g/mol. The lowest BCUT2D eigenvalue weighted by molar-refractivity contribution is -0.152. The van der Waals surface area contributed by atoms with E-state index >= 15 is 0 Å². The number of methoxy groups -OCH3 is 1. The SMILES string of the molecule is COc1nc(Cl)cc2c1[C@]1(O)[C@H](O)[C@H](CN3CCC(F)CC3)[C@@H](c3ccccc3)[C@]1(c1ccc(Br)cc1)O2. The highest BCUT2D eigenvalue weighted by Gasteiger charge is 2.77. The second-order valence-electron chi connectivity index (χ2n) is 10.4. The van der Waals surface area contributed by atoms with Gasteiger partial charge in [-0.2, -0.15) is 0 Å². The van der Waals surface area contributed by atoms with Gasteiger partial charge in [0.05, 0.1) is 18.8 Å². The highest BCUT2D eigenvalue weighted by Crippen LogP contribution is 2.69. The number of rotatable bonds is 5. The maximum Gasteiger partial charge on any atom is 0.224 e. The number of hydrogen-bond donors (Lipinski definition) is 2. The Hall–Kier alpha value is -2.23. The third-order valence-corrected chi connectivity index (χ3v) is 9.17. The smallest absolute Gasteiger partial charge is 0.224 e. The molecule has 200 valence electrons. The molecule has 1 saturated heterocycles. The average molecular weight is 604 g/mol. The molecule has 3 aliphatic rings. The number of aromatic nitrogens is 1. The van der Waals surface area contributed by atoms with Crippen LogP contribution in [-0.2, 0) is 11.2 Å². The summed E-state index contributed by atoms with van der Waals surface area (Å²) < 4.78 is 27.3. The number of piperidine rings is 1. The van der Waals surface area contributed by atoms with Gasteiger partial charge in [0.2, 0.25) is 5.88 Å². The number of halogens is 3. The number of nitrogens with zero attached hydrogens (tertiary/aromatic N) is 2. The van der Waals surface area contributed by atoms with Crippen molar-refractivity contribution in [1.29, 1.82) is 0 Å². The summed E-state index contributed by atoms with van der Waals surface area (Å²) in [5, 5.41) is 25.2. The number of pyridine rings is 1. The van der Waals surface area contributed by atoms with E-state index in [1.165, 1.54) is 7.11 Å². The summed E-state index contributed by atoms with van der Waals surface area (Å²) in [5.74, 6) is -0.484. The van der Waals surface area contributed by atoms with Gasteiger partial charge in [-0.3, -0.25) is 0 Å². The predicted octanol–water partition coefficient (Wildman–Crippen LogP) is 5.19. The van der Waals surface area contributed by atoms with Crippen molar-refractivity contribution in [2.24, 2.45) is 5.92 Å². The van der Waals surface area contributed by atoms with E-state index in [0.717, 1.165) is 10.0 Å². The molecule has 0 unspecified atom stereocenters. The van der Waals surface area contributed by atoms with E-state index in [9.17, 15) is 14.6 Å². The van der Waals surface area contributed by atoms with Gasteiger partial charge >= 0.3 is 0 Å². The van der Waals surface area contributed by atoms with E-state index in [1.807, 2.05) is 54.6 Å². The lowest BCUT2D eigenvalue weighted by Crippen LogP contribution is -2.52. The molecule has 0 bridgehead atoms. The highest BCUT2D eigenvalue weighted by atomic mass is 79.9. The number of likely N-dealkylation sites (tertiary alicyclic amines) is 1. The van der Waals surface area contributed by atoms with E-state index in [-0.39, 0.29) is 16.6 Å². The van der Waals surface area contributed by atoms with Gasteiger partial charge in [-0.05, 0) is 36.1 Å². The molecule has 3 heterocycles. The van der Waals surface area contributed by atoms with Crippen LogP contribution in [0.2, 0.25) is 5.15 Å². The lowest BCUT2D eigenvalue weighted by atomic mass is 9.71. The molecule has 9 heteroatoms. The minimum Gasteiger partial charge on any atom is -0.481 e. The van der Waals surface area contributed by atoms with Crippen molar-refractivity contribution in [3.8, 4) is 11.6 Å². The summed E-state index contributed by atoms with van der Waals surface area (Å²) in [4.78, 5) is 6.50. The van der Waals surface area contributed by atoms with Crippen LogP contribution in [0.4, 0.5) is 4.39 Å². The number of aliphatic hydroxyl groups is 2. The first-order chi connectivity index (χ1) is 18.3. The number of benzene rings is 2. The third kappa shape index (κ3) is 3.79. The normalized spacial score (nSPS) is 31.1. The Kier molecular flexibility index (Phi) is 6.68. The minimum atomic E-state index is -1.91. The number of hydrogen-bond acceptors (Lipinski definition) is 6. The molecule has 5 atom stereocenters. The van der Waals surface area contributed by atoms with Crippen molar-refractivity contribution in [2.75, 3.05) is 26.7 Å². The van der Waals surface area contributed by atoms with Crippen LogP contribution in [0.15, 0.2) is 65.1 Å². The summed E-state index contributed by atoms with van der Waals surface area (Å²) in [6.45, 7) is 1.65. The molecular weight excluding hydrogens is 575 g/mol. The molecular formula is C29H29BrClFN2O4. The maximum atomic E-state index is 14.0. The van der Waals surface area contributed by atoms with Crippen LogP contribution in [0.5, 0.6) is 11.6 Å². The van der Waals surface area contributed by atoms with Crippen LogP contribution in [0.25, 0.3) is 0 Å². The fourth-order valence-electron chi connectivity index (χ4n) is 6.83.